The maximum absolute atomic E-state index is 5.34. The van der Waals surface area contributed by atoms with Crippen LogP contribution in [0, 0.1) is 0 Å². The van der Waals surface area contributed by atoms with E-state index in [1.54, 1.807) is 0 Å². The van der Waals surface area contributed by atoms with Crippen LogP contribution in [0.15, 0.2) is 0 Å². The highest BCUT2D eigenvalue weighted by atomic mass is 16.5. The Morgan fingerprint density at radius 3 is 2.71 bits per heavy atom. The predicted octanol–water partition coefficient (Wildman–Crippen LogP) is 1.07. The molecule has 2 aliphatic heterocycles. The molecule has 0 saturated carbocycles. The summed E-state index contributed by atoms with van der Waals surface area (Å²) in [6.07, 6.45) is 2.24. The van der Waals surface area contributed by atoms with E-state index in [0.29, 0.717) is 5.92 Å². The topological polar surface area (TPSA) is 39.9 Å². The van der Waals surface area contributed by atoms with Gasteiger partial charge in [-0.05, 0) is 6.42 Å². The van der Waals surface area contributed by atoms with Crippen LogP contribution in [-0.4, -0.2) is 28.0 Å². The molecule has 1 aromatic heterocycles. The minimum Gasteiger partial charge on any atom is -0.376 e. The first-order valence-corrected chi connectivity index (χ1v) is 5.25. The number of hydrogen-bond acceptors (Lipinski definition) is 3. The molecule has 3 heterocycles. The SMILES string of the molecule is CC(C)c1nnc2n1C1(CC2)COC1. The molecule has 4 heteroatoms. The number of aryl methyl sites for hydroxylation is 1. The van der Waals surface area contributed by atoms with Gasteiger partial charge in [0.05, 0.1) is 18.8 Å². The third-order valence-corrected chi connectivity index (χ3v) is 3.30. The van der Waals surface area contributed by atoms with Crippen molar-refractivity contribution in [3.63, 3.8) is 0 Å². The maximum atomic E-state index is 5.34. The van der Waals surface area contributed by atoms with Crippen molar-refractivity contribution in [3.05, 3.63) is 11.6 Å². The predicted molar refractivity (Wildman–Crippen MR) is 51.2 cm³/mol. The first-order valence-electron chi connectivity index (χ1n) is 5.25. The Kier molecular flexibility index (Phi) is 1.54. The highest BCUT2D eigenvalue weighted by Crippen LogP contribution is 2.39. The standard InChI is InChI=1S/C10H15N3O/c1-7(2)9-12-11-8-3-4-10(13(8)9)5-14-6-10/h7H,3-6H2,1-2H3. The summed E-state index contributed by atoms with van der Waals surface area (Å²) in [5.74, 6) is 2.73. The molecule has 0 unspecified atom stereocenters. The molecule has 0 bridgehead atoms. The van der Waals surface area contributed by atoms with E-state index in [-0.39, 0.29) is 5.54 Å². The number of nitrogens with zero attached hydrogens (tertiary/aromatic N) is 3. The van der Waals surface area contributed by atoms with Gasteiger partial charge < -0.3 is 9.30 Å². The number of hydrogen-bond donors (Lipinski definition) is 0. The average molecular weight is 193 g/mol. The number of aromatic nitrogens is 3. The van der Waals surface area contributed by atoms with E-state index in [1.165, 1.54) is 6.42 Å². The molecule has 0 amide bonds. The maximum Gasteiger partial charge on any atom is 0.136 e. The Balaban J connectivity index is 2.11. The number of ether oxygens (including phenoxy) is 1. The minimum absolute atomic E-state index is 0.221. The highest BCUT2D eigenvalue weighted by Gasteiger charge is 2.47. The van der Waals surface area contributed by atoms with Crippen molar-refractivity contribution in [1.29, 1.82) is 0 Å². The summed E-state index contributed by atoms with van der Waals surface area (Å²) >= 11 is 0. The minimum atomic E-state index is 0.221. The third-order valence-electron chi connectivity index (χ3n) is 3.30. The highest BCUT2D eigenvalue weighted by molar-refractivity contribution is 5.15. The molecular formula is C10H15N3O. The molecule has 2 aliphatic rings. The van der Waals surface area contributed by atoms with Gasteiger partial charge in [-0.15, -0.1) is 10.2 Å². The van der Waals surface area contributed by atoms with E-state index < -0.39 is 0 Å². The summed E-state index contributed by atoms with van der Waals surface area (Å²) in [5.41, 5.74) is 0.221. The molecule has 0 atom stereocenters. The van der Waals surface area contributed by atoms with Crippen molar-refractivity contribution in [2.75, 3.05) is 13.2 Å². The van der Waals surface area contributed by atoms with Crippen LogP contribution in [0.2, 0.25) is 0 Å². The summed E-state index contributed by atoms with van der Waals surface area (Å²) in [4.78, 5) is 0. The van der Waals surface area contributed by atoms with Gasteiger partial charge in [0.2, 0.25) is 0 Å². The Hall–Kier alpha value is -0.900. The molecule has 4 nitrogen and oxygen atoms in total. The fourth-order valence-electron chi connectivity index (χ4n) is 2.45. The van der Waals surface area contributed by atoms with Gasteiger partial charge in [0.25, 0.3) is 0 Å². The van der Waals surface area contributed by atoms with Gasteiger partial charge in [0.1, 0.15) is 11.6 Å². The molecule has 1 fully saturated rings. The van der Waals surface area contributed by atoms with Crippen molar-refractivity contribution in [2.45, 2.75) is 38.1 Å². The second-order valence-corrected chi connectivity index (χ2v) is 4.68. The van der Waals surface area contributed by atoms with Crippen LogP contribution >= 0.6 is 0 Å². The Morgan fingerprint density at radius 2 is 2.14 bits per heavy atom. The molecule has 14 heavy (non-hydrogen) atoms. The van der Waals surface area contributed by atoms with E-state index >= 15 is 0 Å². The van der Waals surface area contributed by atoms with Crippen molar-refractivity contribution in [2.24, 2.45) is 0 Å². The monoisotopic (exact) mass is 193 g/mol. The molecule has 3 rings (SSSR count). The number of fused-ring (bicyclic) bond motifs is 2. The van der Waals surface area contributed by atoms with Crippen molar-refractivity contribution < 1.29 is 4.74 Å². The fourth-order valence-corrected chi connectivity index (χ4v) is 2.45. The molecule has 0 N–H and O–H groups in total. The molecule has 0 aromatic carbocycles. The lowest BCUT2D eigenvalue weighted by molar-refractivity contribution is -0.0977. The average Bonchev–Trinajstić information content (AvgIpc) is 2.56. The quantitative estimate of drug-likeness (QED) is 0.670. The van der Waals surface area contributed by atoms with Gasteiger partial charge in [-0.3, -0.25) is 0 Å². The van der Waals surface area contributed by atoms with E-state index in [2.05, 4.69) is 28.6 Å². The van der Waals surface area contributed by atoms with Crippen molar-refractivity contribution >= 4 is 0 Å². The van der Waals surface area contributed by atoms with Crippen LogP contribution < -0.4 is 0 Å². The molecular weight excluding hydrogens is 178 g/mol. The van der Waals surface area contributed by atoms with Gasteiger partial charge in [-0.25, -0.2) is 0 Å². The Morgan fingerprint density at radius 1 is 1.36 bits per heavy atom. The van der Waals surface area contributed by atoms with Gasteiger partial charge in [0.15, 0.2) is 0 Å². The van der Waals surface area contributed by atoms with E-state index in [9.17, 15) is 0 Å². The first kappa shape index (κ1) is 8.41. The number of rotatable bonds is 1. The van der Waals surface area contributed by atoms with Crippen LogP contribution in [0.3, 0.4) is 0 Å². The lowest BCUT2D eigenvalue weighted by Gasteiger charge is -2.40. The lowest BCUT2D eigenvalue weighted by atomic mass is 9.94. The smallest absolute Gasteiger partial charge is 0.136 e. The molecule has 0 aliphatic carbocycles. The summed E-state index contributed by atoms with van der Waals surface area (Å²) in [5, 5.41) is 8.52. The zero-order chi connectivity index (χ0) is 9.76. The first-order chi connectivity index (χ1) is 6.73. The second kappa shape index (κ2) is 2.57. The molecule has 0 radical (unpaired) electrons. The summed E-state index contributed by atoms with van der Waals surface area (Å²) in [7, 11) is 0. The van der Waals surface area contributed by atoms with E-state index in [0.717, 1.165) is 31.3 Å². The summed E-state index contributed by atoms with van der Waals surface area (Å²) < 4.78 is 7.68. The van der Waals surface area contributed by atoms with Gasteiger partial charge >= 0.3 is 0 Å². The van der Waals surface area contributed by atoms with Crippen molar-refractivity contribution in [3.8, 4) is 0 Å². The second-order valence-electron chi connectivity index (χ2n) is 4.68. The summed E-state index contributed by atoms with van der Waals surface area (Å²) in [6.45, 7) is 6.03. The van der Waals surface area contributed by atoms with Crippen LogP contribution in [0.25, 0.3) is 0 Å². The third kappa shape index (κ3) is 0.869. The van der Waals surface area contributed by atoms with Crippen LogP contribution in [0.4, 0.5) is 0 Å². The molecule has 1 aromatic rings. The van der Waals surface area contributed by atoms with E-state index in [4.69, 9.17) is 4.74 Å². The van der Waals surface area contributed by atoms with Crippen molar-refractivity contribution in [1.82, 2.24) is 14.8 Å². The van der Waals surface area contributed by atoms with Crippen LogP contribution in [0.5, 0.6) is 0 Å². The van der Waals surface area contributed by atoms with Gasteiger partial charge in [-0.1, -0.05) is 13.8 Å². The normalized spacial score (nSPS) is 22.8. The molecule has 76 valence electrons. The largest absolute Gasteiger partial charge is 0.376 e. The van der Waals surface area contributed by atoms with Gasteiger partial charge in [0, 0.05) is 12.3 Å². The molecule has 1 spiro atoms. The fraction of sp³-hybridized carbons (Fsp3) is 0.800. The van der Waals surface area contributed by atoms with Gasteiger partial charge in [-0.2, -0.15) is 0 Å². The Bertz CT molecular complexity index is 365. The van der Waals surface area contributed by atoms with E-state index in [1.807, 2.05) is 0 Å². The Labute approximate surface area is 83.3 Å². The lowest BCUT2D eigenvalue weighted by Crippen LogP contribution is -2.50. The zero-order valence-corrected chi connectivity index (χ0v) is 8.66. The van der Waals surface area contributed by atoms with Crippen LogP contribution in [0.1, 0.15) is 37.8 Å². The molecule has 1 saturated heterocycles. The zero-order valence-electron chi connectivity index (χ0n) is 8.66. The summed E-state index contributed by atoms with van der Waals surface area (Å²) in [6, 6.07) is 0. The van der Waals surface area contributed by atoms with Crippen LogP contribution in [-0.2, 0) is 16.7 Å².